The van der Waals surface area contributed by atoms with Crippen molar-refractivity contribution in [3.63, 3.8) is 0 Å². The molecule has 1 unspecified atom stereocenters. The first kappa shape index (κ1) is 30.7. The number of ether oxygens (including phenoxy) is 1. The van der Waals surface area contributed by atoms with Gasteiger partial charge in [-0.15, -0.1) is 0 Å². The van der Waals surface area contributed by atoms with Gasteiger partial charge in [-0.2, -0.15) is 0 Å². The maximum Gasteiger partial charge on any atom is 0.307 e. The fourth-order valence-electron chi connectivity index (χ4n) is 3.96. The zero-order valence-corrected chi connectivity index (χ0v) is 21.3. The average Bonchev–Trinajstić information content (AvgIpc) is 2.76. The SMILES string of the molecule is CCCCCCCC/C=C\CCCCCCCCC(=O)OC(CCCCCC)CC(=O)O. The van der Waals surface area contributed by atoms with Gasteiger partial charge in [0.2, 0.25) is 0 Å². The molecule has 1 atom stereocenters. The molecule has 32 heavy (non-hydrogen) atoms. The molecule has 0 aliphatic heterocycles. The molecule has 0 spiro atoms. The van der Waals surface area contributed by atoms with Gasteiger partial charge < -0.3 is 9.84 Å². The van der Waals surface area contributed by atoms with Crippen LogP contribution in [0.4, 0.5) is 0 Å². The van der Waals surface area contributed by atoms with Gasteiger partial charge in [0.15, 0.2) is 0 Å². The molecule has 0 heterocycles. The monoisotopic (exact) mass is 452 g/mol. The van der Waals surface area contributed by atoms with E-state index in [0.717, 1.165) is 44.9 Å². The van der Waals surface area contributed by atoms with Crippen molar-refractivity contribution in [2.45, 2.75) is 155 Å². The van der Waals surface area contributed by atoms with Crippen LogP contribution in [0.15, 0.2) is 12.2 Å². The van der Waals surface area contributed by atoms with Crippen LogP contribution in [0.5, 0.6) is 0 Å². The minimum atomic E-state index is -0.893. The minimum absolute atomic E-state index is 0.0781. The van der Waals surface area contributed by atoms with Crippen LogP contribution in [0.25, 0.3) is 0 Å². The van der Waals surface area contributed by atoms with Gasteiger partial charge in [0.25, 0.3) is 0 Å². The number of rotatable bonds is 24. The number of carboxylic acids is 1. The third kappa shape index (κ3) is 23.3. The first-order valence-electron chi connectivity index (χ1n) is 13.7. The summed E-state index contributed by atoms with van der Waals surface area (Å²) >= 11 is 0. The normalized spacial score (nSPS) is 12.3. The Labute approximate surface area is 198 Å². The third-order valence-electron chi connectivity index (χ3n) is 5.97. The fourth-order valence-corrected chi connectivity index (χ4v) is 3.96. The summed E-state index contributed by atoms with van der Waals surface area (Å²) in [6.45, 7) is 4.40. The van der Waals surface area contributed by atoms with Gasteiger partial charge >= 0.3 is 11.9 Å². The van der Waals surface area contributed by atoms with Crippen LogP contribution in [0.3, 0.4) is 0 Å². The molecule has 0 aromatic rings. The van der Waals surface area contributed by atoms with Gasteiger partial charge in [-0.3, -0.25) is 9.59 Å². The van der Waals surface area contributed by atoms with E-state index in [1.165, 1.54) is 70.6 Å². The largest absolute Gasteiger partial charge is 0.481 e. The summed E-state index contributed by atoms with van der Waals surface area (Å²) in [6, 6.07) is 0. The summed E-state index contributed by atoms with van der Waals surface area (Å²) in [4.78, 5) is 23.1. The van der Waals surface area contributed by atoms with Crippen molar-refractivity contribution in [2.75, 3.05) is 0 Å². The Balaban J connectivity index is 3.58. The number of hydrogen-bond acceptors (Lipinski definition) is 3. The molecule has 1 N–H and O–H groups in total. The lowest BCUT2D eigenvalue weighted by Gasteiger charge is -2.16. The van der Waals surface area contributed by atoms with Gasteiger partial charge in [-0.1, -0.05) is 103 Å². The molecule has 4 nitrogen and oxygen atoms in total. The number of esters is 1. The third-order valence-corrected chi connectivity index (χ3v) is 5.97. The van der Waals surface area contributed by atoms with Crippen LogP contribution >= 0.6 is 0 Å². The van der Waals surface area contributed by atoms with Crippen LogP contribution in [0.1, 0.15) is 149 Å². The van der Waals surface area contributed by atoms with E-state index in [0.29, 0.717) is 12.8 Å². The Morgan fingerprint density at radius 3 is 1.69 bits per heavy atom. The van der Waals surface area contributed by atoms with Crippen LogP contribution in [0.2, 0.25) is 0 Å². The standard InChI is InChI=1S/C28H52O4/c1-3-5-7-9-10-11-12-13-14-15-16-17-18-19-20-22-24-28(31)32-26(25-27(29)30)23-21-8-6-4-2/h13-14,26H,3-12,15-25H2,1-2H3,(H,29,30)/b14-13-. The summed E-state index contributed by atoms with van der Waals surface area (Å²) in [5, 5.41) is 9.03. The van der Waals surface area contributed by atoms with E-state index in [1.807, 2.05) is 0 Å². The number of allylic oxidation sites excluding steroid dienone is 2. The summed E-state index contributed by atoms with van der Waals surface area (Å²) < 4.78 is 5.44. The summed E-state index contributed by atoms with van der Waals surface area (Å²) in [5.74, 6) is -1.13. The highest BCUT2D eigenvalue weighted by Crippen LogP contribution is 2.15. The quantitative estimate of drug-likeness (QED) is 0.0902. The van der Waals surface area contributed by atoms with Crippen LogP contribution < -0.4 is 0 Å². The van der Waals surface area contributed by atoms with E-state index < -0.39 is 12.1 Å². The molecule has 0 aliphatic carbocycles. The Morgan fingerprint density at radius 2 is 1.16 bits per heavy atom. The maximum absolute atomic E-state index is 12.0. The van der Waals surface area contributed by atoms with Gasteiger partial charge in [-0.25, -0.2) is 0 Å². The molecule has 188 valence electrons. The lowest BCUT2D eigenvalue weighted by atomic mass is 10.1. The fraction of sp³-hybridized carbons (Fsp3) is 0.857. The molecule has 0 aromatic carbocycles. The van der Waals surface area contributed by atoms with E-state index in [2.05, 4.69) is 26.0 Å². The Bertz CT molecular complexity index is 458. The van der Waals surface area contributed by atoms with Crippen LogP contribution in [-0.2, 0) is 14.3 Å². The predicted octanol–water partition coefficient (Wildman–Crippen LogP) is 8.77. The molecule has 0 aromatic heterocycles. The van der Waals surface area contributed by atoms with Crippen molar-refractivity contribution >= 4 is 11.9 Å². The second kappa shape index (κ2) is 24.3. The van der Waals surface area contributed by atoms with E-state index in [-0.39, 0.29) is 12.4 Å². The molecule has 0 saturated heterocycles. The lowest BCUT2D eigenvalue weighted by molar-refractivity contribution is -0.153. The van der Waals surface area contributed by atoms with Gasteiger partial charge in [-0.05, 0) is 44.9 Å². The first-order valence-corrected chi connectivity index (χ1v) is 13.7. The molecule has 0 bridgehead atoms. The Hall–Kier alpha value is -1.32. The Kier molecular flexibility index (Phi) is 23.3. The zero-order valence-electron chi connectivity index (χ0n) is 21.3. The maximum atomic E-state index is 12.0. The predicted molar refractivity (Wildman–Crippen MR) is 135 cm³/mol. The van der Waals surface area contributed by atoms with Crippen molar-refractivity contribution < 1.29 is 19.4 Å². The highest BCUT2D eigenvalue weighted by Gasteiger charge is 2.17. The summed E-state index contributed by atoms with van der Waals surface area (Å²) in [5.41, 5.74) is 0. The Morgan fingerprint density at radius 1 is 0.688 bits per heavy atom. The molecule has 0 aliphatic rings. The van der Waals surface area contributed by atoms with Crippen molar-refractivity contribution in [2.24, 2.45) is 0 Å². The van der Waals surface area contributed by atoms with E-state index >= 15 is 0 Å². The van der Waals surface area contributed by atoms with Gasteiger partial charge in [0.1, 0.15) is 6.10 Å². The van der Waals surface area contributed by atoms with Gasteiger partial charge in [0, 0.05) is 6.42 Å². The lowest BCUT2D eigenvalue weighted by Crippen LogP contribution is -2.21. The highest BCUT2D eigenvalue weighted by atomic mass is 16.5. The molecule has 0 radical (unpaired) electrons. The number of aliphatic carboxylic acids is 1. The second-order valence-electron chi connectivity index (χ2n) is 9.25. The molecular weight excluding hydrogens is 400 g/mol. The average molecular weight is 453 g/mol. The molecule has 0 amide bonds. The van der Waals surface area contributed by atoms with E-state index in [1.54, 1.807) is 0 Å². The number of unbranched alkanes of at least 4 members (excludes halogenated alkanes) is 15. The second-order valence-corrected chi connectivity index (χ2v) is 9.25. The molecule has 4 heteroatoms. The minimum Gasteiger partial charge on any atom is -0.481 e. The number of carboxylic acid groups (broad SMARTS) is 1. The topological polar surface area (TPSA) is 63.6 Å². The number of hydrogen-bond donors (Lipinski definition) is 1. The number of carbonyl (C=O) groups excluding carboxylic acids is 1. The van der Waals surface area contributed by atoms with Crippen molar-refractivity contribution in [1.29, 1.82) is 0 Å². The van der Waals surface area contributed by atoms with Gasteiger partial charge in [0.05, 0.1) is 6.42 Å². The molecule has 0 saturated carbocycles. The molecular formula is C28H52O4. The first-order chi connectivity index (χ1) is 15.6. The van der Waals surface area contributed by atoms with E-state index in [9.17, 15) is 9.59 Å². The zero-order chi connectivity index (χ0) is 23.7. The summed E-state index contributed by atoms with van der Waals surface area (Å²) in [6.07, 6.45) is 26.9. The molecule has 0 rings (SSSR count). The van der Waals surface area contributed by atoms with Crippen LogP contribution in [0, 0.1) is 0 Å². The highest BCUT2D eigenvalue weighted by molar-refractivity contribution is 5.71. The van der Waals surface area contributed by atoms with E-state index in [4.69, 9.17) is 9.84 Å². The molecule has 0 fully saturated rings. The van der Waals surface area contributed by atoms with Crippen LogP contribution in [-0.4, -0.2) is 23.1 Å². The van der Waals surface area contributed by atoms with Crippen molar-refractivity contribution in [3.8, 4) is 0 Å². The van der Waals surface area contributed by atoms with Crippen molar-refractivity contribution in [1.82, 2.24) is 0 Å². The summed E-state index contributed by atoms with van der Waals surface area (Å²) in [7, 11) is 0. The van der Waals surface area contributed by atoms with Crippen molar-refractivity contribution in [3.05, 3.63) is 12.2 Å². The number of carbonyl (C=O) groups is 2. The smallest absolute Gasteiger partial charge is 0.307 e.